The monoisotopic (exact) mass is 202 g/mol. The van der Waals surface area contributed by atoms with Gasteiger partial charge in [0.05, 0.1) is 0 Å². The normalized spacial score (nSPS) is 10.6. The molecule has 0 N–H and O–H groups in total. The van der Waals surface area contributed by atoms with Crippen LogP contribution in [0.5, 0.6) is 0 Å². The number of carbonyl (C=O) groups is 2. The Bertz CT molecular complexity index is 354. The molecule has 0 atom stereocenters. The van der Waals surface area contributed by atoms with Gasteiger partial charge in [0.1, 0.15) is 0 Å². The van der Waals surface area contributed by atoms with Crippen molar-refractivity contribution in [1.82, 2.24) is 0 Å². The Balaban J connectivity index is 5.25. The summed E-state index contributed by atoms with van der Waals surface area (Å²) in [6, 6.07) is 0. The van der Waals surface area contributed by atoms with E-state index in [-0.39, 0.29) is 11.1 Å². The fraction of sp³-hybridized carbons (Fsp3) is 0.250. The number of carbonyl (C=O) groups excluding carboxylic acids is 2. The first-order valence-electron chi connectivity index (χ1n) is 3.36. The summed E-state index contributed by atoms with van der Waals surface area (Å²) in [7, 11) is -4.41. The molecule has 0 unspecified atom stereocenters. The van der Waals surface area contributed by atoms with E-state index in [0.29, 0.717) is 0 Å². The van der Waals surface area contributed by atoms with E-state index in [4.69, 9.17) is 0 Å². The number of sulfone groups is 1. The van der Waals surface area contributed by atoms with Gasteiger partial charge in [-0.15, -0.1) is 0 Å². The van der Waals surface area contributed by atoms with Crippen molar-refractivity contribution < 1.29 is 18.0 Å². The second-order valence-electron chi connectivity index (χ2n) is 2.64. The lowest BCUT2D eigenvalue weighted by Crippen LogP contribution is -2.24. The molecule has 0 bridgehead atoms. The summed E-state index contributed by atoms with van der Waals surface area (Å²) in [6.45, 7) is 8.76. The maximum atomic E-state index is 11.1. The second-order valence-corrected chi connectivity index (χ2v) is 4.39. The van der Waals surface area contributed by atoms with E-state index in [1.54, 1.807) is 0 Å². The molecule has 4 nitrogen and oxygen atoms in total. The minimum absolute atomic E-state index is 0.186. The average molecular weight is 202 g/mol. The van der Waals surface area contributed by atoms with Crippen LogP contribution in [-0.4, -0.2) is 18.6 Å². The highest BCUT2D eigenvalue weighted by Crippen LogP contribution is 2.07. The molecule has 0 aliphatic heterocycles. The number of hydrogen-bond donors (Lipinski definition) is 0. The lowest BCUT2D eigenvalue weighted by molar-refractivity contribution is -0.111. The Morgan fingerprint density at radius 2 is 1.15 bits per heavy atom. The van der Waals surface area contributed by atoms with Gasteiger partial charge in [-0.25, -0.2) is 8.42 Å². The van der Waals surface area contributed by atoms with Crippen molar-refractivity contribution >= 4 is 20.1 Å². The smallest absolute Gasteiger partial charge is 0.276 e. The topological polar surface area (TPSA) is 68.3 Å². The van der Waals surface area contributed by atoms with Gasteiger partial charge in [0.25, 0.3) is 20.1 Å². The molecular weight excluding hydrogens is 192 g/mol. The summed E-state index contributed by atoms with van der Waals surface area (Å²) in [6.07, 6.45) is 0. The standard InChI is InChI=1S/C8H10O4S/c1-5(2)7(9)13(11,12)8(10)6(3)4/h1,3H2,2,4H3. The van der Waals surface area contributed by atoms with E-state index in [0.717, 1.165) is 0 Å². The van der Waals surface area contributed by atoms with Crippen molar-refractivity contribution in [3.8, 4) is 0 Å². The zero-order valence-corrected chi connectivity index (χ0v) is 8.27. The molecule has 0 saturated heterocycles. The third-order valence-corrected chi connectivity index (χ3v) is 2.86. The van der Waals surface area contributed by atoms with Gasteiger partial charge in [-0.3, -0.25) is 9.59 Å². The van der Waals surface area contributed by atoms with Gasteiger partial charge in [-0.2, -0.15) is 0 Å². The Kier molecular flexibility index (Phi) is 3.31. The minimum atomic E-state index is -4.41. The molecule has 0 aromatic rings. The summed E-state index contributed by atoms with van der Waals surface area (Å²) in [4.78, 5) is 21.9. The SMILES string of the molecule is C=C(C)C(=O)S(=O)(=O)C(=O)C(=C)C. The van der Waals surface area contributed by atoms with Crippen LogP contribution in [0.1, 0.15) is 13.8 Å². The van der Waals surface area contributed by atoms with Crippen molar-refractivity contribution in [1.29, 1.82) is 0 Å². The molecule has 5 heteroatoms. The third kappa shape index (κ3) is 2.35. The van der Waals surface area contributed by atoms with Gasteiger partial charge in [0.15, 0.2) is 0 Å². The number of hydrogen-bond acceptors (Lipinski definition) is 4. The van der Waals surface area contributed by atoms with Gasteiger partial charge in [-0.1, -0.05) is 13.2 Å². The van der Waals surface area contributed by atoms with Gasteiger partial charge in [0, 0.05) is 11.1 Å². The van der Waals surface area contributed by atoms with Gasteiger partial charge < -0.3 is 0 Å². The molecule has 0 rings (SSSR count). The Morgan fingerprint density at radius 1 is 0.923 bits per heavy atom. The van der Waals surface area contributed by atoms with Crippen molar-refractivity contribution in [3.63, 3.8) is 0 Å². The first-order chi connectivity index (χ1) is 5.71. The molecule has 0 saturated carbocycles. The van der Waals surface area contributed by atoms with Crippen LogP contribution in [0.25, 0.3) is 0 Å². The molecule has 0 spiro atoms. The molecule has 72 valence electrons. The van der Waals surface area contributed by atoms with Crippen LogP contribution in [0.3, 0.4) is 0 Å². The van der Waals surface area contributed by atoms with Crippen molar-refractivity contribution in [3.05, 3.63) is 24.3 Å². The van der Waals surface area contributed by atoms with Crippen LogP contribution >= 0.6 is 0 Å². The highest BCUT2D eigenvalue weighted by molar-refractivity contribution is 8.19. The maximum absolute atomic E-state index is 11.1. The van der Waals surface area contributed by atoms with E-state index in [9.17, 15) is 18.0 Å². The predicted molar refractivity (Wildman–Crippen MR) is 48.6 cm³/mol. The van der Waals surface area contributed by atoms with Gasteiger partial charge >= 0.3 is 0 Å². The molecule has 0 aromatic heterocycles. The van der Waals surface area contributed by atoms with Crippen LogP contribution in [-0.2, 0) is 19.4 Å². The highest BCUT2D eigenvalue weighted by Gasteiger charge is 2.31. The fourth-order valence-corrected chi connectivity index (χ4v) is 1.63. The van der Waals surface area contributed by atoms with E-state index in [1.807, 2.05) is 0 Å². The largest absolute Gasteiger partial charge is 0.282 e. The van der Waals surface area contributed by atoms with Crippen LogP contribution in [0.2, 0.25) is 0 Å². The van der Waals surface area contributed by atoms with Crippen LogP contribution in [0.4, 0.5) is 0 Å². The van der Waals surface area contributed by atoms with Gasteiger partial charge in [0.2, 0.25) is 0 Å². The Morgan fingerprint density at radius 3 is 1.31 bits per heavy atom. The second kappa shape index (κ2) is 3.66. The average Bonchev–Trinajstić information content (AvgIpc) is 2.01. The fourth-order valence-electron chi connectivity index (χ4n) is 0.543. The zero-order valence-electron chi connectivity index (χ0n) is 7.46. The molecule has 0 amide bonds. The van der Waals surface area contributed by atoms with Crippen LogP contribution < -0.4 is 0 Å². The van der Waals surface area contributed by atoms with Crippen molar-refractivity contribution in [2.75, 3.05) is 0 Å². The zero-order chi connectivity index (χ0) is 10.8. The molecule has 0 heterocycles. The molecule has 0 aliphatic carbocycles. The minimum Gasteiger partial charge on any atom is -0.276 e. The summed E-state index contributed by atoms with van der Waals surface area (Å²) >= 11 is 0. The van der Waals surface area contributed by atoms with E-state index >= 15 is 0 Å². The van der Waals surface area contributed by atoms with E-state index in [2.05, 4.69) is 13.2 Å². The number of rotatable bonds is 2. The van der Waals surface area contributed by atoms with Crippen LogP contribution in [0, 0.1) is 0 Å². The van der Waals surface area contributed by atoms with E-state index in [1.165, 1.54) is 13.8 Å². The molecule has 0 aliphatic rings. The summed E-state index contributed by atoms with van der Waals surface area (Å²) in [5, 5.41) is -2.50. The Hall–Kier alpha value is -1.23. The Labute approximate surface area is 76.9 Å². The highest BCUT2D eigenvalue weighted by atomic mass is 32.2. The molecule has 13 heavy (non-hydrogen) atoms. The maximum Gasteiger partial charge on any atom is 0.282 e. The first kappa shape index (κ1) is 11.8. The van der Waals surface area contributed by atoms with Crippen molar-refractivity contribution in [2.45, 2.75) is 13.8 Å². The summed E-state index contributed by atoms with van der Waals surface area (Å²) in [5.41, 5.74) is -0.371. The molecule has 0 radical (unpaired) electrons. The van der Waals surface area contributed by atoms with Crippen LogP contribution in [0.15, 0.2) is 24.3 Å². The van der Waals surface area contributed by atoms with Crippen molar-refractivity contribution in [2.24, 2.45) is 0 Å². The lowest BCUT2D eigenvalue weighted by Gasteiger charge is -1.99. The lowest BCUT2D eigenvalue weighted by atomic mass is 10.4. The summed E-state index contributed by atoms with van der Waals surface area (Å²) < 4.78 is 22.2. The molecular formula is C8H10O4S. The molecule has 0 aromatic carbocycles. The first-order valence-corrected chi connectivity index (χ1v) is 4.84. The van der Waals surface area contributed by atoms with Gasteiger partial charge in [-0.05, 0) is 13.8 Å². The molecule has 0 fully saturated rings. The predicted octanol–water partition coefficient (Wildman–Crippen LogP) is 0.607. The third-order valence-electron chi connectivity index (χ3n) is 1.19. The quantitative estimate of drug-likeness (QED) is 0.615. The van der Waals surface area contributed by atoms with E-state index < -0.39 is 20.1 Å². The summed E-state index contributed by atoms with van der Waals surface area (Å²) in [5.74, 6) is 0.